The maximum absolute atomic E-state index is 11.4. The molecule has 0 fully saturated rings. The Labute approximate surface area is 201 Å². The van der Waals surface area contributed by atoms with E-state index in [0.29, 0.717) is 16.8 Å². The molecule has 11 heteroatoms. The highest BCUT2D eigenvalue weighted by atomic mass is 35.5. The lowest BCUT2D eigenvalue weighted by Gasteiger charge is -2.27. The van der Waals surface area contributed by atoms with Crippen molar-refractivity contribution in [1.82, 2.24) is 19.6 Å². The van der Waals surface area contributed by atoms with Crippen molar-refractivity contribution in [3.8, 4) is 0 Å². The number of benzene rings is 1. The van der Waals surface area contributed by atoms with Crippen molar-refractivity contribution >= 4 is 39.1 Å². The first-order chi connectivity index (χ1) is 15.5. The minimum absolute atomic E-state index is 0.182. The van der Waals surface area contributed by atoms with Crippen LogP contribution < -0.4 is 15.4 Å². The molecule has 0 saturated heterocycles. The zero-order valence-corrected chi connectivity index (χ0v) is 21.2. The largest absolute Gasteiger partial charge is 0.383 e. The second kappa shape index (κ2) is 11.0. The molecule has 1 aromatic carbocycles. The van der Waals surface area contributed by atoms with Crippen molar-refractivity contribution in [1.29, 1.82) is 0 Å². The molecule has 0 amide bonds. The summed E-state index contributed by atoms with van der Waals surface area (Å²) in [4.78, 5) is 11.2. The summed E-state index contributed by atoms with van der Waals surface area (Å²) >= 11 is 6.29. The van der Waals surface area contributed by atoms with Gasteiger partial charge in [-0.25, -0.2) is 18.1 Å². The van der Waals surface area contributed by atoms with Crippen LogP contribution >= 0.6 is 11.6 Å². The molecule has 9 nitrogen and oxygen atoms in total. The molecule has 1 aromatic heterocycles. The fourth-order valence-electron chi connectivity index (χ4n) is 3.61. The molecule has 1 aliphatic heterocycles. The lowest BCUT2D eigenvalue weighted by atomic mass is 10.0. The highest BCUT2D eigenvalue weighted by molar-refractivity contribution is 7.88. The number of methoxy groups -OCH3 is 1. The van der Waals surface area contributed by atoms with Gasteiger partial charge in [0, 0.05) is 44.5 Å². The molecule has 0 spiro atoms. The van der Waals surface area contributed by atoms with E-state index >= 15 is 0 Å². The van der Waals surface area contributed by atoms with Crippen LogP contribution in [0.1, 0.15) is 25.0 Å². The Bertz CT molecular complexity index is 1060. The molecule has 0 bridgehead atoms. The van der Waals surface area contributed by atoms with Crippen LogP contribution in [-0.4, -0.2) is 75.0 Å². The van der Waals surface area contributed by atoms with Crippen LogP contribution in [-0.2, 0) is 27.6 Å². The van der Waals surface area contributed by atoms with Crippen LogP contribution in [0.4, 0.5) is 17.5 Å². The smallest absolute Gasteiger partial charge is 0.229 e. The number of halogens is 1. The third kappa shape index (κ3) is 8.08. The summed E-state index contributed by atoms with van der Waals surface area (Å²) in [6.07, 6.45) is 4.64. The van der Waals surface area contributed by atoms with Gasteiger partial charge in [-0.1, -0.05) is 17.7 Å². The van der Waals surface area contributed by atoms with Crippen molar-refractivity contribution in [2.75, 3.05) is 56.8 Å². The van der Waals surface area contributed by atoms with E-state index in [1.165, 1.54) is 17.3 Å². The van der Waals surface area contributed by atoms with Gasteiger partial charge < -0.3 is 20.3 Å². The molecule has 0 aliphatic carbocycles. The number of anilines is 3. The van der Waals surface area contributed by atoms with Crippen LogP contribution in [0.3, 0.4) is 0 Å². The number of rotatable bonds is 10. The number of hydrogen-bond acceptors (Lipinski definition) is 8. The molecular weight excluding hydrogens is 464 g/mol. The molecule has 1 aliphatic rings. The third-order valence-corrected chi connectivity index (χ3v) is 6.39. The summed E-state index contributed by atoms with van der Waals surface area (Å²) in [7, 11) is -1.57. The number of fused-ring (bicyclic) bond motifs is 1. The SMILES string of the molecule is COCCN1CCc2ccc(Nc3ncc(Cl)c(NC(C)(C)CNS(C)(=O)=O)n3)cc2CC1. The molecule has 3 N–H and O–H groups in total. The quantitative estimate of drug-likeness (QED) is 0.460. The second-order valence-corrected chi connectivity index (χ2v) is 11.2. The van der Waals surface area contributed by atoms with Gasteiger partial charge in [0.25, 0.3) is 0 Å². The number of sulfonamides is 1. The third-order valence-electron chi connectivity index (χ3n) is 5.45. The zero-order valence-electron chi connectivity index (χ0n) is 19.6. The minimum Gasteiger partial charge on any atom is -0.383 e. The summed E-state index contributed by atoms with van der Waals surface area (Å²) in [5.41, 5.74) is 2.97. The van der Waals surface area contributed by atoms with E-state index in [1.54, 1.807) is 7.11 Å². The molecule has 0 saturated carbocycles. The fourth-order valence-corrected chi connectivity index (χ4v) is 4.37. The van der Waals surface area contributed by atoms with Crippen molar-refractivity contribution in [2.24, 2.45) is 0 Å². The Morgan fingerprint density at radius 1 is 1.21 bits per heavy atom. The molecule has 182 valence electrons. The lowest BCUT2D eigenvalue weighted by Crippen LogP contribution is -2.44. The Kier molecular flexibility index (Phi) is 8.52. The van der Waals surface area contributed by atoms with Crippen LogP contribution in [0.2, 0.25) is 5.02 Å². The predicted molar refractivity (Wildman–Crippen MR) is 133 cm³/mol. The Morgan fingerprint density at radius 3 is 2.64 bits per heavy atom. The summed E-state index contributed by atoms with van der Waals surface area (Å²) in [5.74, 6) is 0.835. The number of nitrogens with one attached hydrogen (secondary N) is 3. The number of ether oxygens (including phenoxy) is 1. The molecule has 3 rings (SSSR count). The van der Waals surface area contributed by atoms with E-state index in [0.717, 1.165) is 51.0 Å². The summed E-state index contributed by atoms with van der Waals surface area (Å²) < 4.78 is 30.6. The number of aromatic nitrogens is 2. The summed E-state index contributed by atoms with van der Waals surface area (Å²) in [6.45, 7) is 7.62. The van der Waals surface area contributed by atoms with Crippen molar-refractivity contribution < 1.29 is 13.2 Å². The standard InChI is InChI=1S/C22H33ClN6O3S/c1-22(2,15-25-33(4,30)31)28-20-19(23)14-24-21(27-20)26-18-6-5-16-7-9-29(11-12-32-3)10-8-17(16)13-18/h5-6,13-14,25H,7-12,15H2,1-4H3,(H2,24,26,27,28). The van der Waals surface area contributed by atoms with Gasteiger partial charge >= 0.3 is 0 Å². The van der Waals surface area contributed by atoms with E-state index in [1.807, 2.05) is 19.9 Å². The van der Waals surface area contributed by atoms with Gasteiger partial charge in [-0.2, -0.15) is 4.98 Å². The van der Waals surface area contributed by atoms with E-state index in [2.05, 4.69) is 42.4 Å². The van der Waals surface area contributed by atoms with Gasteiger partial charge in [0.15, 0.2) is 5.82 Å². The maximum Gasteiger partial charge on any atom is 0.229 e. The van der Waals surface area contributed by atoms with Crippen LogP contribution in [0.25, 0.3) is 0 Å². The zero-order chi connectivity index (χ0) is 24.1. The van der Waals surface area contributed by atoms with Crippen LogP contribution in [0.5, 0.6) is 0 Å². The fraction of sp³-hybridized carbons (Fsp3) is 0.545. The molecule has 0 atom stereocenters. The van der Waals surface area contributed by atoms with Gasteiger partial charge in [-0.15, -0.1) is 0 Å². The highest BCUT2D eigenvalue weighted by Crippen LogP contribution is 2.26. The molecule has 33 heavy (non-hydrogen) atoms. The first-order valence-corrected chi connectivity index (χ1v) is 13.2. The monoisotopic (exact) mass is 496 g/mol. The van der Waals surface area contributed by atoms with Gasteiger partial charge in [0.2, 0.25) is 16.0 Å². The van der Waals surface area contributed by atoms with E-state index in [4.69, 9.17) is 16.3 Å². The second-order valence-electron chi connectivity index (χ2n) is 8.94. The summed E-state index contributed by atoms with van der Waals surface area (Å²) in [5, 5.41) is 6.82. The maximum atomic E-state index is 11.4. The Hall–Kier alpha value is -1.98. The van der Waals surface area contributed by atoms with E-state index in [-0.39, 0.29) is 6.54 Å². The number of nitrogens with zero attached hydrogens (tertiary/aromatic N) is 3. The number of hydrogen-bond donors (Lipinski definition) is 3. The van der Waals surface area contributed by atoms with Crippen molar-refractivity contribution in [2.45, 2.75) is 32.2 Å². The molecule has 0 unspecified atom stereocenters. The normalized spacial score (nSPS) is 15.1. The first kappa shape index (κ1) is 25.6. The Balaban J connectivity index is 1.69. The van der Waals surface area contributed by atoms with E-state index in [9.17, 15) is 8.42 Å². The van der Waals surface area contributed by atoms with Gasteiger partial charge in [-0.3, -0.25) is 0 Å². The Morgan fingerprint density at radius 2 is 1.94 bits per heavy atom. The minimum atomic E-state index is -3.30. The first-order valence-electron chi connectivity index (χ1n) is 10.9. The van der Waals surface area contributed by atoms with Gasteiger partial charge in [0.05, 0.1) is 19.1 Å². The summed E-state index contributed by atoms with van der Waals surface area (Å²) in [6, 6.07) is 6.35. The van der Waals surface area contributed by atoms with Gasteiger partial charge in [-0.05, 0) is 49.9 Å². The van der Waals surface area contributed by atoms with Gasteiger partial charge in [0.1, 0.15) is 5.02 Å². The molecule has 2 heterocycles. The van der Waals surface area contributed by atoms with Crippen LogP contribution in [0.15, 0.2) is 24.4 Å². The molecular formula is C22H33ClN6O3S. The lowest BCUT2D eigenvalue weighted by molar-refractivity contribution is 0.150. The molecule has 0 radical (unpaired) electrons. The topological polar surface area (TPSA) is 108 Å². The molecule has 2 aromatic rings. The predicted octanol–water partition coefficient (Wildman–Crippen LogP) is 2.66. The van der Waals surface area contributed by atoms with Crippen LogP contribution in [0, 0.1) is 0 Å². The van der Waals surface area contributed by atoms with E-state index < -0.39 is 15.6 Å². The highest BCUT2D eigenvalue weighted by Gasteiger charge is 2.22. The van der Waals surface area contributed by atoms with Crippen molar-refractivity contribution in [3.05, 3.63) is 40.5 Å². The average molecular weight is 497 g/mol. The average Bonchev–Trinajstić information content (AvgIpc) is 2.95. The van der Waals surface area contributed by atoms with Crippen molar-refractivity contribution in [3.63, 3.8) is 0 Å².